The summed E-state index contributed by atoms with van der Waals surface area (Å²) in [6, 6.07) is 4.15. The van der Waals surface area contributed by atoms with E-state index in [1.807, 2.05) is 12.3 Å². The molecule has 1 aromatic heterocycles. The second-order valence-electron chi connectivity index (χ2n) is 4.72. The minimum Gasteiger partial charge on any atom is -0.325 e. The van der Waals surface area contributed by atoms with Gasteiger partial charge in [0.2, 0.25) is 0 Å². The lowest BCUT2D eigenvalue weighted by molar-refractivity contribution is 0.432. The molecule has 1 aromatic rings. The van der Waals surface area contributed by atoms with Crippen molar-refractivity contribution in [1.82, 2.24) is 4.98 Å². The van der Waals surface area contributed by atoms with E-state index in [4.69, 9.17) is 5.73 Å². The predicted octanol–water partition coefficient (Wildman–Crippen LogP) is 2.67. The van der Waals surface area contributed by atoms with Crippen LogP contribution in [0.25, 0.3) is 5.57 Å². The fraction of sp³-hybridized carbons (Fsp3) is 0.462. The standard InChI is InChI=1S/C13H18N2/c1-10-12(4-3-9-15-10)11-5-7-13(2,14)8-6-11/h3-5,9H,6-8,14H2,1-2H3. The molecule has 1 aliphatic rings. The lowest BCUT2D eigenvalue weighted by Gasteiger charge is -2.28. The lowest BCUT2D eigenvalue weighted by Crippen LogP contribution is -2.37. The monoisotopic (exact) mass is 202 g/mol. The summed E-state index contributed by atoms with van der Waals surface area (Å²) in [6.45, 7) is 4.18. The normalized spacial score (nSPS) is 26.2. The summed E-state index contributed by atoms with van der Waals surface area (Å²) in [6.07, 6.45) is 7.21. The van der Waals surface area contributed by atoms with Crippen LogP contribution >= 0.6 is 0 Å². The molecule has 2 heteroatoms. The van der Waals surface area contributed by atoms with Crippen molar-refractivity contribution in [3.05, 3.63) is 35.7 Å². The van der Waals surface area contributed by atoms with Crippen LogP contribution in [0.15, 0.2) is 24.4 Å². The number of nitrogens with two attached hydrogens (primary N) is 1. The molecule has 1 aliphatic carbocycles. The molecule has 0 spiro atoms. The maximum atomic E-state index is 6.10. The van der Waals surface area contributed by atoms with Crippen LogP contribution < -0.4 is 5.73 Å². The second kappa shape index (κ2) is 3.78. The largest absolute Gasteiger partial charge is 0.325 e. The van der Waals surface area contributed by atoms with E-state index in [0.29, 0.717) is 0 Å². The number of allylic oxidation sites excluding steroid dienone is 1. The highest BCUT2D eigenvalue weighted by molar-refractivity contribution is 5.68. The number of hydrogen-bond acceptors (Lipinski definition) is 2. The summed E-state index contributed by atoms with van der Waals surface area (Å²) in [5.41, 5.74) is 9.89. The summed E-state index contributed by atoms with van der Waals surface area (Å²) in [5, 5.41) is 0. The van der Waals surface area contributed by atoms with Gasteiger partial charge in [0.15, 0.2) is 0 Å². The molecule has 0 aliphatic heterocycles. The molecule has 2 N–H and O–H groups in total. The molecule has 0 aromatic carbocycles. The Kier molecular flexibility index (Phi) is 2.61. The van der Waals surface area contributed by atoms with Crippen molar-refractivity contribution in [2.75, 3.05) is 0 Å². The van der Waals surface area contributed by atoms with E-state index >= 15 is 0 Å². The number of pyridine rings is 1. The van der Waals surface area contributed by atoms with Crippen LogP contribution in [0.1, 0.15) is 37.4 Å². The molecule has 0 amide bonds. The highest BCUT2D eigenvalue weighted by atomic mass is 14.7. The van der Waals surface area contributed by atoms with Crippen molar-refractivity contribution in [3.8, 4) is 0 Å². The average molecular weight is 202 g/mol. The summed E-state index contributed by atoms with van der Waals surface area (Å²) in [7, 11) is 0. The highest BCUT2D eigenvalue weighted by Crippen LogP contribution is 2.31. The first-order valence-corrected chi connectivity index (χ1v) is 5.48. The van der Waals surface area contributed by atoms with E-state index < -0.39 is 0 Å². The van der Waals surface area contributed by atoms with E-state index in [1.165, 1.54) is 11.1 Å². The van der Waals surface area contributed by atoms with E-state index in [-0.39, 0.29) is 5.54 Å². The van der Waals surface area contributed by atoms with Crippen LogP contribution in [0.4, 0.5) is 0 Å². The van der Waals surface area contributed by atoms with Gasteiger partial charge in [-0.3, -0.25) is 4.98 Å². The Balaban J connectivity index is 2.27. The number of nitrogens with zero attached hydrogens (tertiary/aromatic N) is 1. The van der Waals surface area contributed by atoms with Gasteiger partial charge < -0.3 is 5.73 Å². The van der Waals surface area contributed by atoms with Crippen LogP contribution in [0.2, 0.25) is 0 Å². The van der Waals surface area contributed by atoms with Gasteiger partial charge in [0.05, 0.1) is 0 Å². The van der Waals surface area contributed by atoms with Gasteiger partial charge in [0.1, 0.15) is 0 Å². The topological polar surface area (TPSA) is 38.9 Å². The first-order chi connectivity index (χ1) is 7.08. The zero-order valence-electron chi connectivity index (χ0n) is 9.46. The van der Waals surface area contributed by atoms with E-state index in [9.17, 15) is 0 Å². The second-order valence-corrected chi connectivity index (χ2v) is 4.72. The van der Waals surface area contributed by atoms with Gasteiger partial charge in [-0.2, -0.15) is 0 Å². The summed E-state index contributed by atoms with van der Waals surface area (Å²) in [4.78, 5) is 4.32. The van der Waals surface area contributed by atoms with Gasteiger partial charge in [-0.1, -0.05) is 12.1 Å². The molecule has 0 fully saturated rings. The Morgan fingerprint density at radius 2 is 2.27 bits per heavy atom. The smallest absolute Gasteiger partial charge is 0.0447 e. The molecule has 0 saturated carbocycles. The maximum Gasteiger partial charge on any atom is 0.0447 e. The zero-order valence-corrected chi connectivity index (χ0v) is 9.46. The third-order valence-electron chi connectivity index (χ3n) is 3.13. The molecule has 1 heterocycles. The zero-order chi connectivity index (χ0) is 10.9. The predicted molar refractivity (Wildman–Crippen MR) is 63.4 cm³/mol. The quantitative estimate of drug-likeness (QED) is 0.760. The Bertz CT molecular complexity index is 391. The molecule has 1 unspecified atom stereocenters. The molecule has 0 saturated heterocycles. The van der Waals surface area contributed by atoms with Crippen LogP contribution in [-0.4, -0.2) is 10.5 Å². The number of aromatic nitrogens is 1. The maximum absolute atomic E-state index is 6.10. The van der Waals surface area contributed by atoms with Crippen molar-refractivity contribution < 1.29 is 0 Å². The SMILES string of the molecule is Cc1ncccc1C1=CCC(C)(N)CC1. The summed E-state index contributed by atoms with van der Waals surface area (Å²) >= 11 is 0. The van der Waals surface area contributed by atoms with E-state index in [2.05, 4.69) is 31.0 Å². The van der Waals surface area contributed by atoms with Gasteiger partial charge in [-0.15, -0.1) is 0 Å². The van der Waals surface area contributed by atoms with Crippen molar-refractivity contribution >= 4 is 5.57 Å². The molecule has 2 nitrogen and oxygen atoms in total. The Morgan fingerprint density at radius 3 is 2.87 bits per heavy atom. The minimum atomic E-state index is -0.0143. The fourth-order valence-corrected chi connectivity index (χ4v) is 2.05. The van der Waals surface area contributed by atoms with E-state index in [0.717, 1.165) is 25.0 Å². The first-order valence-electron chi connectivity index (χ1n) is 5.48. The highest BCUT2D eigenvalue weighted by Gasteiger charge is 2.22. The first kappa shape index (κ1) is 10.4. The van der Waals surface area contributed by atoms with Gasteiger partial charge in [0, 0.05) is 17.4 Å². The third-order valence-corrected chi connectivity index (χ3v) is 3.13. The Morgan fingerprint density at radius 1 is 1.47 bits per heavy atom. The van der Waals surface area contributed by atoms with Crippen LogP contribution in [0, 0.1) is 6.92 Å². The Hall–Kier alpha value is -1.15. The summed E-state index contributed by atoms with van der Waals surface area (Å²) < 4.78 is 0. The summed E-state index contributed by atoms with van der Waals surface area (Å²) in [5.74, 6) is 0. The van der Waals surface area contributed by atoms with E-state index in [1.54, 1.807) is 0 Å². The van der Waals surface area contributed by atoms with Crippen LogP contribution in [-0.2, 0) is 0 Å². The fourth-order valence-electron chi connectivity index (χ4n) is 2.05. The third kappa shape index (κ3) is 2.26. The number of rotatable bonds is 1. The van der Waals surface area contributed by atoms with Crippen molar-refractivity contribution in [2.45, 2.75) is 38.6 Å². The average Bonchev–Trinajstić information content (AvgIpc) is 2.19. The van der Waals surface area contributed by atoms with Crippen molar-refractivity contribution in [2.24, 2.45) is 5.73 Å². The van der Waals surface area contributed by atoms with Gasteiger partial charge in [-0.05, 0) is 50.3 Å². The van der Waals surface area contributed by atoms with Crippen LogP contribution in [0.3, 0.4) is 0 Å². The molecule has 0 radical (unpaired) electrons. The molecule has 1 atom stereocenters. The molecule has 0 bridgehead atoms. The molecular weight excluding hydrogens is 184 g/mol. The molecule has 80 valence electrons. The van der Waals surface area contributed by atoms with Gasteiger partial charge >= 0.3 is 0 Å². The molecular formula is C13H18N2. The van der Waals surface area contributed by atoms with Gasteiger partial charge in [0.25, 0.3) is 0 Å². The van der Waals surface area contributed by atoms with Gasteiger partial charge in [-0.25, -0.2) is 0 Å². The molecule has 15 heavy (non-hydrogen) atoms. The van der Waals surface area contributed by atoms with Crippen molar-refractivity contribution in [1.29, 1.82) is 0 Å². The van der Waals surface area contributed by atoms with Crippen LogP contribution in [0.5, 0.6) is 0 Å². The number of aryl methyl sites for hydroxylation is 1. The minimum absolute atomic E-state index is 0.0143. The van der Waals surface area contributed by atoms with Crippen molar-refractivity contribution in [3.63, 3.8) is 0 Å². The number of hydrogen-bond donors (Lipinski definition) is 1. The molecule has 2 rings (SSSR count). The Labute approximate surface area is 91.2 Å². The lowest BCUT2D eigenvalue weighted by atomic mass is 9.82.